The minimum Gasteiger partial charge on any atom is -0.379 e. The second-order valence-electron chi connectivity index (χ2n) is 8.97. The molecule has 0 aliphatic heterocycles. The molecule has 0 aromatic rings. The van der Waals surface area contributed by atoms with Crippen molar-refractivity contribution in [3.8, 4) is 0 Å². The van der Waals surface area contributed by atoms with E-state index in [9.17, 15) is 0 Å². The summed E-state index contributed by atoms with van der Waals surface area (Å²) in [6.07, 6.45) is 18.8. The zero-order valence-corrected chi connectivity index (χ0v) is 22.8. The number of unbranched alkanes of at least 4 members (excludes halogenated alkanes) is 13. The van der Waals surface area contributed by atoms with Crippen molar-refractivity contribution in [2.24, 2.45) is 5.11 Å². The van der Waals surface area contributed by atoms with Gasteiger partial charge in [0.2, 0.25) is 0 Å². The first-order valence-corrected chi connectivity index (χ1v) is 14.3. The quantitative estimate of drug-likeness (QED) is 0.0431. The van der Waals surface area contributed by atoms with Gasteiger partial charge in [-0.2, -0.15) is 0 Å². The Kier molecular flexibility index (Phi) is 32.3. The fourth-order valence-electron chi connectivity index (χ4n) is 3.63. The fraction of sp³-hybridized carbons (Fsp3) is 1.00. The monoisotopic (exact) mass is 501 g/mol. The molecule has 208 valence electrons. The van der Waals surface area contributed by atoms with E-state index in [1.165, 1.54) is 70.6 Å². The summed E-state index contributed by atoms with van der Waals surface area (Å²) in [5.41, 5.74) is 8.20. The van der Waals surface area contributed by atoms with Crippen molar-refractivity contribution in [3.63, 3.8) is 0 Å². The van der Waals surface area contributed by atoms with Crippen LogP contribution in [-0.4, -0.2) is 72.6 Å². The van der Waals surface area contributed by atoms with Crippen molar-refractivity contribution in [1.29, 1.82) is 0 Å². The van der Waals surface area contributed by atoms with Crippen molar-refractivity contribution in [3.05, 3.63) is 10.4 Å². The van der Waals surface area contributed by atoms with E-state index >= 15 is 0 Å². The first kappa shape index (κ1) is 34.1. The summed E-state index contributed by atoms with van der Waals surface area (Å²) in [6.45, 7) is 9.44. The highest BCUT2D eigenvalue weighted by Gasteiger charge is 1.96. The van der Waals surface area contributed by atoms with E-state index in [1.54, 1.807) is 0 Å². The number of azide groups is 1. The minimum absolute atomic E-state index is 0.584. The van der Waals surface area contributed by atoms with Crippen LogP contribution in [0.15, 0.2) is 5.11 Å². The molecule has 0 saturated carbocycles. The molecule has 8 nitrogen and oxygen atoms in total. The SMILES string of the molecule is CCCCCCCCCCOCCOCCOCCOCCOCCCCCCCCCN=[N+]=[N-]. The van der Waals surface area contributed by atoms with Crippen LogP contribution in [0.3, 0.4) is 0 Å². The zero-order valence-electron chi connectivity index (χ0n) is 22.8. The molecule has 0 spiro atoms. The standard InChI is InChI=1S/C27H55N3O5/c1-2-3-4-5-6-9-12-15-18-31-20-22-33-24-26-35-27-25-34-23-21-32-19-16-13-10-7-8-11-14-17-29-30-28/h2-27H2,1H3. The number of rotatable bonds is 31. The number of hydrogen-bond acceptors (Lipinski definition) is 6. The van der Waals surface area contributed by atoms with Gasteiger partial charge in [0.15, 0.2) is 0 Å². The predicted molar refractivity (Wildman–Crippen MR) is 143 cm³/mol. The van der Waals surface area contributed by atoms with Crippen LogP contribution in [0.4, 0.5) is 0 Å². The van der Waals surface area contributed by atoms with Crippen LogP contribution in [-0.2, 0) is 23.7 Å². The van der Waals surface area contributed by atoms with Gasteiger partial charge in [-0.15, -0.1) is 0 Å². The summed E-state index contributed by atoms with van der Waals surface area (Å²) in [5.74, 6) is 0. The Morgan fingerprint density at radius 2 is 0.743 bits per heavy atom. The number of ether oxygens (including phenoxy) is 5. The van der Waals surface area contributed by atoms with Crippen molar-refractivity contribution in [2.45, 2.75) is 103 Å². The van der Waals surface area contributed by atoms with Crippen molar-refractivity contribution >= 4 is 0 Å². The highest BCUT2D eigenvalue weighted by Crippen LogP contribution is 2.08. The molecule has 0 fully saturated rings. The molecule has 0 radical (unpaired) electrons. The highest BCUT2D eigenvalue weighted by atomic mass is 16.6. The second kappa shape index (κ2) is 33.1. The van der Waals surface area contributed by atoms with Gasteiger partial charge in [0.1, 0.15) is 0 Å². The van der Waals surface area contributed by atoms with E-state index in [-0.39, 0.29) is 0 Å². The molecule has 0 rings (SSSR count). The summed E-state index contributed by atoms with van der Waals surface area (Å²) in [5, 5.41) is 3.55. The fourth-order valence-corrected chi connectivity index (χ4v) is 3.63. The highest BCUT2D eigenvalue weighted by molar-refractivity contribution is 4.50. The van der Waals surface area contributed by atoms with Gasteiger partial charge in [-0.05, 0) is 24.8 Å². The maximum Gasteiger partial charge on any atom is 0.0701 e. The summed E-state index contributed by atoms with van der Waals surface area (Å²) in [4.78, 5) is 2.76. The van der Waals surface area contributed by atoms with E-state index in [1.807, 2.05) is 0 Å². The lowest BCUT2D eigenvalue weighted by Crippen LogP contribution is -2.13. The lowest BCUT2D eigenvalue weighted by atomic mass is 10.1. The first-order chi connectivity index (χ1) is 17.4. The minimum atomic E-state index is 0.584. The number of nitrogens with zero attached hydrogens (tertiary/aromatic N) is 3. The predicted octanol–water partition coefficient (Wildman–Crippen LogP) is 7.25. The smallest absolute Gasteiger partial charge is 0.0701 e. The Hall–Kier alpha value is -0.890. The van der Waals surface area contributed by atoms with Gasteiger partial charge in [0.25, 0.3) is 0 Å². The third kappa shape index (κ3) is 33.1. The molecular weight excluding hydrogens is 446 g/mol. The zero-order chi connectivity index (χ0) is 25.3. The molecule has 0 aromatic carbocycles. The lowest BCUT2D eigenvalue weighted by Gasteiger charge is -2.08. The molecule has 0 amide bonds. The topological polar surface area (TPSA) is 94.9 Å². The van der Waals surface area contributed by atoms with E-state index < -0.39 is 0 Å². The molecule has 0 aliphatic carbocycles. The van der Waals surface area contributed by atoms with Gasteiger partial charge in [-0.3, -0.25) is 0 Å². The number of hydrogen-bond donors (Lipinski definition) is 0. The van der Waals surface area contributed by atoms with Crippen LogP contribution in [0.2, 0.25) is 0 Å². The van der Waals surface area contributed by atoms with Crippen molar-refractivity contribution in [2.75, 3.05) is 72.6 Å². The molecule has 0 atom stereocenters. The average molecular weight is 502 g/mol. The summed E-state index contributed by atoms with van der Waals surface area (Å²) < 4.78 is 27.8. The Morgan fingerprint density at radius 3 is 1.11 bits per heavy atom. The van der Waals surface area contributed by atoms with Gasteiger partial charge < -0.3 is 23.7 Å². The van der Waals surface area contributed by atoms with E-state index in [2.05, 4.69) is 16.9 Å². The van der Waals surface area contributed by atoms with E-state index in [0.29, 0.717) is 59.4 Å². The van der Waals surface area contributed by atoms with Gasteiger partial charge in [0.05, 0.1) is 52.9 Å². The van der Waals surface area contributed by atoms with Crippen molar-refractivity contribution < 1.29 is 23.7 Å². The molecule has 0 heterocycles. The summed E-state index contributed by atoms with van der Waals surface area (Å²) in [6, 6.07) is 0. The molecular formula is C27H55N3O5. The normalized spacial score (nSPS) is 11.1. The molecule has 0 bridgehead atoms. The second-order valence-corrected chi connectivity index (χ2v) is 8.97. The Morgan fingerprint density at radius 1 is 0.429 bits per heavy atom. The van der Waals surface area contributed by atoms with Gasteiger partial charge in [0, 0.05) is 24.7 Å². The molecule has 8 heteroatoms. The van der Waals surface area contributed by atoms with Crippen LogP contribution in [0.25, 0.3) is 10.4 Å². The lowest BCUT2D eigenvalue weighted by molar-refractivity contribution is -0.0114. The van der Waals surface area contributed by atoms with E-state index in [4.69, 9.17) is 29.2 Å². The first-order valence-electron chi connectivity index (χ1n) is 14.3. The maximum absolute atomic E-state index is 8.20. The van der Waals surface area contributed by atoms with Crippen LogP contribution in [0, 0.1) is 0 Å². The molecule has 0 aliphatic rings. The molecule has 0 aromatic heterocycles. The van der Waals surface area contributed by atoms with Crippen LogP contribution < -0.4 is 0 Å². The maximum atomic E-state index is 8.20. The van der Waals surface area contributed by atoms with Crippen molar-refractivity contribution in [1.82, 2.24) is 0 Å². The average Bonchev–Trinajstić information content (AvgIpc) is 2.87. The van der Waals surface area contributed by atoms with Crippen LogP contribution in [0.5, 0.6) is 0 Å². The van der Waals surface area contributed by atoms with Crippen LogP contribution in [0.1, 0.15) is 103 Å². The van der Waals surface area contributed by atoms with Gasteiger partial charge in [-0.1, -0.05) is 89.1 Å². The largest absolute Gasteiger partial charge is 0.379 e. The van der Waals surface area contributed by atoms with Crippen LogP contribution >= 0.6 is 0 Å². The molecule has 35 heavy (non-hydrogen) atoms. The Labute approximate surface area is 215 Å². The van der Waals surface area contributed by atoms with E-state index in [0.717, 1.165) is 38.9 Å². The Bertz CT molecular complexity index is 437. The molecule has 0 unspecified atom stereocenters. The molecule has 0 N–H and O–H groups in total. The van der Waals surface area contributed by atoms with Gasteiger partial charge in [-0.25, -0.2) is 0 Å². The third-order valence-electron chi connectivity index (χ3n) is 5.74. The summed E-state index contributed by atoms with van der Waals surface area (Å²) >= 11 is 0. The third-order valence-corrected chi connectivity index (χ3v) is 5.74. The Balaban J connectivity index is 3.01. The van der Waals surface area contributed by atoms with Gasteiger partial charge >= 0.3 is 0 Å². The molecule has 0 saturated heterocycles. The summed E-state index contributed by atoms with van der Waals surface area (Å²) in [7, 11) is 0.